The van der Waals surface area contributed by atoms with Crippen molar-refractivity contribution >= 4 is 40.2 Å². The second-order valence-corrected chi connectivity index (χ2v) is 4.86. The van der Waals surface area contributed by atoms with Crippen molar-refractivity contribution in [3.05, 3.63) is 34.6 Å². The molecule has 0 aliphatic heterocycles. The summed E-state index contributed by atoms with van der Waals surface area (Å²) in [6, 6.07) is 3.48. The third-order valence-corrected chi connectivity index (χ3v) is 3.57. The molecule has 8 heteroatoms. The lowest BCUT2D eigenvalue weighted by Gasteiger charge is -2.06. The molecule has 2 heterocycles. The minimum absolute atomic E-state index is 0.424. The fourth-order valence-corrected chi connectivity index (χ4v) is 2.24. The maximum Gasteiger partial charge on any atom is 0.201 e. The summed E-state index contributed by atoms with van der Waals surface area (Å²) < 4.78 is 3.60. The average molecular weight is 297 g/mol. The first-order valence-corrected chi connectivity index (χ1v) is 6.35. The van der Waals surface area contributed by atoms with E-state index in [2.05, 4.69) is 15.3 Å². The van der Waals surface area contributed by atoms with E-state index in [1.54, 1.807) is 29.2 Å². The summed E-state index contributed by atoms with van der Waals surface area (Å²) in [6.45, 7) is 1.28. The zero-order chi connectivity index (χ0) is 13.4. The van der Waals surface area contributed by atoms with E-state index in [1.807, 2.05) is 4.57 Å². The number of halogens is 2. The van der Waals surface area contributed by atoms with Crippen LogP contribution in [0, 0.1) is 0 Å². The Bertz CT molecular complexity index is 718. The van der Waals surface area contributed by atoms with E-state index in [-0.39, 0.29) is 0 Å². The number of rotatable bonds is 3. The van der Waals surface area contributed by atoms with E-state index in [0.29, 0.717) is 29.1 Å². The number of anilines is 1. The van der Waals surface area contributed by atoms with Gasteiger partial charge in [-0.05, 0) is 12.1 Å². The highest BCUT2D eigenvalue weighted by molar-refractivity contribution is 6.42. The normalized spacial score (nSPS) is 11.3. The molecule has 1 aromatic carbocycles. The average Bonchev–Trinajstić information content (AvgIpc) is 2.96. The molecule has 0 aliphatic rings. The number of nitrogens with zero attached hydrogens (tertiary/aromatic N) is 5. The SMILES string of the molecule is Nc1nc2cc(Cl)c(Cl)cc2n1CCn1ccnn1. The summed E-state index contributed by atoms with van der Waals surface area (Å²) in [5, 5.41) is 8.60. The van der Waals surface area contributed by atoms with Crippen molar-refractivity contribution in [3.63, 3.8) is 0 Å². The van der Waals surface area contributed by atoms with Gasteiger partial charge < -0.3 is 10.3 Å². The van der Waals surface area contributed by atoms with E-state index >= 15 is 0 Å². The Morgan fingerprint density at radius 1 is 1.16 bits per heavy atom. The van der Waals surface area contributed by atoms with Crippen molar-refractivity contribution in [2.24, 2.45) is 0 Å². The zero-order valence-corrected chi connectivity index (χ0v) is 11.3. The maximum atomic E-state index is 6.03. The van der Waals surface area contributed by atoms with Crippen LogP contribution in [0.15, 0.2) is 24.5 Å². The number of benzene rings is 1. The molecule has 98 valence electrons. The van der Waals surface area contributed by atoms with Crippen LogP contribution in [0.5, 0.6) is 0 Å². The first-order valence-electron chi connectivity index (χ1n) is 5.60. The number of aromatic nitrogens is 5. The van der Waals surface area contributed by atoms with Crippen LogP contribution >= 0.6 is 23.2 Å². The molecule has 0 spiro atoms. The van der Waals surface area contributed by atoms with Crippen molar-refractivity contribution in [3.8, 4) is 0 Å². The molecule has 3 rings (SSSR count). The Balaban J connectivity index is 1.98. The second-order valence-electron chi connectivity index (χ2n) is 4.04. The highest BCUT2D eigenvalue weighted by Gasteiger charge is 2.11. The Morgan fingerprint density at radius 2 is 1.95 bits per heavy atom. The molecule has 0 radical (unpaired) electrons. The molecule has 0 saturated heterocycles. The number of fused-ring (bicyclic) bond motifs is 1. The van der Waals surface area contributed by atoms with E-state index in [0.717, 1.165) is 11.0 Å². The lowest BCUT2D eigenvalue weighted by Crippen LogP contribution is -2.10. The number of imidazole rings is 1. The number of hydrogen-bond acceptors (Lipinski definition) is 4. The number of nitrogens with two attached hydrogens (primary N) is 1. The Labute approximate surface area is 118 Å². The first kappa shape index (κ1) is 12.3. The highest BCUT2D eigenvalue weighted by atomic mass is 35.5. The van der Waals surface area contributed by atoms with E-state index in [1.165, 1.54) is 0 Å². The molecule has 0 bridgehead atoms. The molecular formula is C11H10Cl2N6. The summed E-state index contributed by atoms with van der Waals surface area (Å²) in [5.74, 6) is 0.424. The van der Waals surface area contributed by atoms with Crippen molar-refractivity contribution in [1.82, 2.24) is 24.5 Å². The molecule has 0 aliphatic carbocycles. The van der Waals surface area contributed by atoms with Gasteiger partial charge in [-0.25, -0.2) is 4.98 Å². The number of hydrogen-bond donors (Lipinski definition) is 1. The molecule has 0 amide bonds. The van der Waals surface area contributed by atoms with Crippen LogP contribution in [-0.4, -0.2) is 24.5 Å². The molecule has 0 atom stereocenters. The van der Waals surface area contributed by atoms with Crippen LogP contribution in [0.2, 0.25) is 10.0 Å². The highest BCUT2D eigenvalue weighted by Crippen LogP contribution is 2.28. The van der Waals surface area contributed by atoms with Crippen LogP contribution in [0.1, 0.15) is 0 Å². The van der Waals surface area contributed by atoms with E-state index in [4.69, 9.17) is 28.9 Å². The molecule has 2 aromatic heterocycles. The van der Waals surface area contributed by atoms with Gasteiger partial charge in [0.1, 0.15) is 0 Å². The summed E-state index contributed by atoms with van der Waals surface area (Å²) >= 11 is 12.0. The maximum absolute atomic E-state index is 6.03. The van der Waals surface area contributed by atoms with Gasteiger partial charge in [-0.2, -0.15) is 0 Å². The van der Waals surface area contributed by atoms with Gasteiger partial charge in [0, 0.05) is 12.7 Å². The van der Waals surface area contributed by atoms with Gasteiger partial charge in [-0.15, -0.1) is 5.10 Å². The van der Waals surface area contributed by atoms with Crippen LogP contribution in [-0.2, 0) is 13.1 Å². The molecule has 6 nitrogen and oxygen atoms in total. The lowest BCUT2D eigenvalue weighted by molar-refractivity contribution is 0.529. The van der Waals surface area contributed by atoms with Gasteiger partial charge in [-0.1, -0.05) is 28.4 Å². The fraction of sp³-hybridized carbons (Fsp3) is 0.182. The largest absolute Gasteiger partial charge is 0.369 e. The molecular weight excluding hydrogens is 287 g/mol. The van der Waals surface area contributed by atoms with Gasteiger partial charge >= 0.3 is 0 Å². The second kappa shape index (κ2) is 4.71. The zero-order valence-electron chi connectivity index (χ0n) is 9.79. The van der Waals surface area contributed by atoms with E-state index < -0.39 is 0 Å². The van der Waals surface area contributed by atoms with Crippen molar-refractivity contribution in [2.75, 3.05) is 5.73 Å². The molecule has 0 fully saturated rings. The van der Waals surface area contributed by atoms with Gasteiger partial charge in [0.15, 0.2) is 0 Å². The van der Waals surface area contributed by atoms with Crippen LogP contribution in [0.4, 0.5) is 5.95 Å². The van der Waals surface area contributed by atoms with Crippen LogP contribution in [0.3, 0.4) is 0 Å². The molecule has 2 N–H and O–H groups in total. The van der Waals surface area contributed by atoms with Crippen molar-refractivity contribution < 1.29 is 0 Å². The van der Waals surface area contributed by atoms with Gasteiger partial charge in [0.05, 0.1) is 33.8 Å². The lowest BCUT2D eigenvalue weighted by atomic mass is 10.3. The van der Waals surface area contributed by atoms with Gasteiger partial charge in [0.25, 0.3) is 0 Å². The fourth-order valence-electron chi connectivity index (χ4n) is 1.93. The topological polar surface area (TPSA) is 74.5 Å². The van der Waals surface area contributed by atoms with Crippen LogP contribution < -0.4 is 5.73 Å². The summed E-state index contributed by atoms with van der Waals surface area (Å²) in [7, 11) is 0. The molecule has 19 heavy (non-hydrogen) atoms. The summed E-state index contributed by atoms with van der Waals surface area (Å²) in [5.41, 5.74) is 7.49. The Kier molecular flexibility index (Phi) is 3.04. The summed E-state index contributed by atoms with van der Waals surface area (Å²) in [6.07, 6.45) is 3.42. The van der Waals surface area contributed by atoms with Crippen molar-refractivity contribution in [2.45, 2.75) is 13.1 Å². The van der Waals surface area contributed by atoms with Crippen molar-refractivity contribution in [1.29, 1.82) is 0 Å². The predicted molar refractivity (Wildman–Crippen MR) is 74.2 cm³/mol. The van der Waals surface area contributed by atoms with E-state index in [9.17, 15) is 0 Å². The third kappa shape index (κ3) is 2.24. The smallest absolute Gasteiger partial charge is 0.201 e. The monoisotopic (exact) mass is 296 g/mol. The molecule has 3 aromatic rings. The number of nitrogen functional groups attached to an aromatic ring is 1. The quantitative estimate of drug-likeness (QED) is 0.804. The third-order valence-electron chi connectivity index (χ3n) is 2.84. The minimum atomic E-state index is 0.424. The minimum Gasteiger partial charge on any atom is -0.369 e. The Hall–Kier alpha value is -1.79. The number of aryl methyl sites for hydroxylation is 2. The summed E-state index contributed by atoms with van der Waals surface area (Å²) in [4.78, 5) is 4.27. The predicted octanol–water partition coefficient (Wildman–Crippen LogP) is 2.22. The van der Waals surface area contributed by atoms with Gasteiger partial charge in [-0.3, -0.25) is 4.68 Å². The Morgan fingerprint density at radius 3 is 2.68 bits per heavy atom. The standard InChI is InChI=1S/C11H10Cl2N6/c12-7-5-9-10(6-8(7)13)19(11(14)16-9)4-3-18-2-1-15-17-18/h1-2,5-6H,3-4H2,(H2,14,16). The van der Waals surface area contributed by atoms with Gasteiger partial charge in [0.2, 0.25) is 5.95 Å². The molecule has 0 unspecified atom stereocenters. The first-order chi connectivity index (χ1) is 9.15. The molecule has 0 saturated carbocycles. The van der Waals surface area contributed by atoms with Crippen LogP contribution in [0.25, 0.3) is 11.0 Å².